The molecule has 0 heterocycles. The highest BCUT2D eigenvalue weighted by molar-refractivity contribution is 9.10. The fourth-order valence-corrected chi connectivity index (χ4v) is 1.99. The molecular formula is C14H22BrNO2. The summed E-state index contributed by atoms with van der Waals surface area (Å²) in [5.74, 6) is 0. The smallest absolute Gasteiger partial charge is 0.0700 e. The monoisotopic (exact) mass is 315 g/mol. The van der Waals surface area contributed by atoms with Crippen LogP contribution in [-0.2, 0) is 15.9 Å². The first-order valence-corrected chi connectivity index (χ1v) is 7.04. The molecular weight excluding hydrogens is 294 g/mol. The van der Waals surface area contributed by atoms with E-state index in [0.29, 0.717) is 19.3 Å². The zero-order valence-electron chi connectivity index (χ0n) is 11.1. The third-order valence-electron chi connectivity index (χ3n) is 2.85. The molecule has 1 atom stereocenters. The van der Waals surface area contributed by atoms with Crippen molar-refractivity contribution in [2.75, 3.05) is 34.0 Å². The van der Waals surface area contributed by atoms with Crippen molar-refractivity contribution < 1.29 is 9.47 Å². The molecule has 0 fully saturated rings. The SMILES string of the molecule is CNC(CCOCCOC)Cc1ccc(Br)cc1. The zero-order valence-corrected chi connectivity index (χ0v) is 12.7. The van der Waals surface area contributed by atoms with Crippen LogP contribution in [0, 0.1) is 0 Å². The second-order valence-corrected chi connectivity index (χ2v) is 5.13. The summed E-state index contributed by atoms with van der Waals surface area (Å²) in [4.78, 5) is 0. The van der Waals surface area contributed by atoms with Gasteiger partial charge >= 0.3 is 0 Å². The highest BCUT2D eigenvalue weighted by atomic mass is 79.9. The average molecular weight is 316 g/mol. The molecule has 0 aliphatic rings. The van der Waals surface area contributed by atoms with Gasteiger partial charge < -0.3 is 14.8 Å². The van der Waals surface area contributed by atoms with Crippen LogP contribution in [0.25, 0.3) is 0 Å². The third-order valence-corrected chi connectivity index (χ3v) is 3.37. The van der Waals surface area contributed by atoms with Crippen molar-refractivity contribution in [2.45, 2.75) is 18.9 Å². The zero-order chi connectivity index (χ0) is 13.2. The van der Waals surface area contributed by atoms with Crippen LogP contribution in [0.2, 0.25) is 0 Å². The largest absolute Gasteiger partial charge is 0.382 e. The van der Waals surface area contributed by atoms with Gasteiger partial charge in [0.1, 0.15) is 0 Å². The summed E-state index contributed by atoms with van der Waals surface area (Å²) in [5, 5.41) is 3.33. The van der Waals surface area contributed by atoms with Crippen LogP contribution in [0.4, 0.5) is 0 Å². The molecule has 0 aromatic heterocycles. The van der Waals surface area contributed by atoms with Crippen molar-refractivity contribution in [3.05, 3.63) is 34.3 Å². The number of rotatable bonds is 9. The normalized spacial score (nSPS) is 12.6. The Balaban J connectivity index is 2.26. The number of ether oxygens (including phenoxy) is 2. The van der Waals surface area contributed by atoms with Gasteiger partial charge in [-0.1, -0.05) is 28.1 Å². The summed E-state index contributed by atoms with van der Waals surface area (Å²) < 4.78 is 11.5. The molecule has 0 saturated carbocycles. The second-order valence-electron chi connectivity index (χ2n) is 4.21. The van der Waals surface area contributed by atoms with Crippen molar-refractivity contribution >= 4 is 15.9 Å². The lowest BCUT2D eigenvalue weighted by atomic mass is 10.0. The molecule has 4 heteroatoms. The maximum Gasteiger partial charge on any atom is 0.0700 e. The molecule has 0 spiro atoms. The summed E-state index contributed by atoms with van der Waals surface area (Å²) in [6.45, 7) is 2.10. The van der Waals surface area contributed by atoms with Crippen LogP contribution in [0.5, 0.6) is 0 Å². The van der Waals surface area contributed by atoms with E-state index in [9.17, 15) is 0 Å². The predicted molar refractivity (Wildman–Crippen MR) is 78.0 cm³/mol. The number of nitrogens with one attached hydrogen (secondary N) is 1. The molecule has 0 radical (unpaired) electrons. The topological polar surface area (TPSA) is 30.5 Å². The molecule has 3 nitrogen and oxygen atoms in total. The van der Waals surface area contributed by atoms with Gasteiger partial charge in [0.05, 0.1) is 13.2 Å². The van der Waals surface area contributed by atoms with E-state index in [4.69, 9.17) is 9.47 Å². The van der Waals surface area contributed by atoms with Crippen molar-refractivity contribution in [2.24, 2.45) is 0 Å². The number of hydrogen-bond donors (Lipinski definition) is 1. The Kier molecular flexibility index (Phi) is 8.25. The van der Waals surface area contributed by atoms with E-state index in [1.165, 1.54) is 5.56 Å². The van der Waals surface area contributed by atoms with E-state index in [2.05, 4.69) is 45.5 Å². The van der Waals surface area contributed by atoms with E-state index >= 15 is 0 Å². The first-order valence-electron chi connectivity index (χ1n) is 6.24. The van der Waals surface area contributed by atoms with Crippen molar-refractivity contribution in [1.29, 1.82) is 0 Å². The Morgan fingerprint density at radius 1 is 1.17 bits per heavy atom. The molecule has 0 aliphatic heterocycles. The van der Waals surface area contributed by atoms with Crippen molar-refractivity contribution in [3.63, 3.8) is 0 Å². The van der Waals surface area contributed by atoms with Gasteiger partial charge in [-0.3, -0.25) is 0 Å². The highest BCUT2D eigenvalue weighted by Gasteiger charge is 2.07. The van der Waals surface area contributed by atoms with Crippen LogP contribution in [0.1, 0.15) is 12.0 Å². The first kappa shape index (κ1) is 15.6. The number of likely N-dealkylation sites (N-methyl/N-ethyl adjacent to an activating group) is 1. The Morgan fingerprint density at radius 2 is 1.89 bits per heavy atom. The number of hydrogen-bond acceptors (Lipinski definition) is 3. The lowest BCUT2D eigenvalue weighted by Crippen LogP contribution is -2.29. The van der Waals surface area contributed by atoms with Gasteiger partial charge in [0, 0.05) is 24.2 Å². The minimum Gasteiger partial charge on any atom is -0.382 e. The fourth-order valence-electron chi connectivity index (χ4n) is 1.72. The molecule has 1 unspecified atom stereocenters. The minimum atomic E-state index is 0.453. The summed E-state index contributed by atoms with van der Waals surface area (Å²) >= 11 is 3.45. The molecule has 0 aliphatic carbocycles. The van der Waals surface area contributed by atoms with Crippen LogP contribution in [0.3, 0.4) is 0 Å². The summed E-state index contributed by atoms with van der Waals surface area (Å²) in [7, 11) is 3.69. The number of methoxy groups -OCH3 is 1. The van der Waals surface area contributed by atoms with E-state index in [-0.39, 0.29) is 0 Å². The van der Waals surface area contributed by atoms with Gasteiger partial charge in [-0.25, -0.2) is 0 Å². The van der Waals surface area contributed by atoms with Gasteiger partial charge in [-0.2, -0.15) is 0 Å². The second kappa shape index (κ2) is 9.50. The Morgan fingerprint density at radius 3 is 2.50 bits per heavy atom. The van der Waals surface area contributed by atoms with Gasteiger partial charge in [0.25, 0.3) is 0 Å². The molecule has 0 amide bonds. The predicted octanol–water partition coefficient (Wildman–Crippen LogP) is 2.63. The van der Waals surface area contributed by atoms with Gasteiger partial charge in [0.15, 0.2) is 0 Å². The quantitative estimate of drug-likeness (QED) is 0.711. The fraction of sp³-hybridized carbons (Fsp3) is 0.571. The number of benzene rings is 1. The molecule has 0 bridgehead atoms. The van der Waals surface area contributed by atoms with Crippen LogP contribution in [0.15, 0.2) is 28.7 Å². The number of halogens is 1. The highest BCUT2D eigenvalue weighted by Crippen LogP contribution is 2.12. The molecule has 1 N–H and O–H groups in total. The first-order chi connectivity index (χ1) is 8.76. The average Bonchev–Trinajstić information content (AvgIpc) is 2.39. The molecule has 1 rings (SSSR count). The van der Waals surface area contributed by atoms with E-state index in [0.717, 1.165) is 23.9 Å². The Hall–Kier alpha value is -0.420. The van der Waals surface area contributed by atoms with Gasteiger partial charge in [0.2, 0.25) is 0 Å². The van der Waals surface area contributed by atoms with E-state index in [1.54, 1.807) is 7.11 Å². The summed E-state index contributed by atoms with van der Waals surface area (Å²) in [6.07, 6.45) is 2.04. The molecule has 18 heavy (non-hydrogen) atoms. The molecule has 1 aromatic rings. The van der Waals surface area contributed by atoms with Crippen LogP contribution >= 0.6 is 15.9 Å². The van der Waals surface area contributed by atoms with Crippen molar-refractivity contribution in [1.82, 2.24) is 5.32 Å². The molecule has 102 valence electrons. The van der Waals surface area contributed by atoms with Gasteiger partial charge in [-0.05, 0) is 37.6 Å². The van der Waals surface area contributed by atoms with Crippen LogP contribution < -0.4 is 5.32 Å². The van der Waals surface area contributed by atoms with E-state index in [1.807, 2.05) is 7.05 Å². The third kappa shape index (κ3) is 6.50. The van der Waals surface area contributed by atoms with Crippen LogP contribution in [-0.4, -0.2) is 40.0 Å². The van der Waals surface area contributed by atoms with Crippen molar-refractivity contribution in [3.8, 4) is 0 Å². The maximum absolute atomic E-state index is 5.49. The maximum atomic E-state index is 5.49. The minimum absolute atomic E-state index is 0.453. The summed E-state index contributed by atoms with van der Waals surface area (Å²) in [5.41, 5.74) is 1.34. The van der Waals surface area contributed by atoms with Gasteiger partial charge in [-0.15, -0.1) is 0 Å². The molecule has 0 saturated heterocycles. The Bertz CT molecular complexity index is 316. The Labute approximate surface area is 118 Å². The molecule has 1 aromatic carbocycles. The summed E-state index contributed by atoms with van der Waals surface area (Å²) in [6, 6.07) is 8.92. The lowest BCUT2D eigenvalue weighted by molar-refractivity contribution is 0.0661. The van der Waals surface area contributed by atoms with E-state index < -0.39 is 0 Å². The lowest BCUT2D eigenvalue weighted by Gasteiger charge is -2.16. The standard InChI is InChI=1S/C14H22BrNO2/c1-16-14(7-8-18-10-9-17-2)11-12-3-5-13(15)6-4-12/h3-6,14,16H,7-11H2,1-2H3.